The summed E-state index contributed by atoms with van der Waals surface area (Å²) >= 11 is 0. The van der Waals surface area contributed by atoms with Crippen molar-refractivity contribution in [2.75, 3.05) is 0 Å². The minimum atomic E-state index is 0.570. The van der Waals surface area contributed by atoms with Gasteiger partial charge in [0.1, 0.15) is 0 Å². The molecule has 0 saturated carbocycles. The Morgan fingerprint density at radius 1 is 1.25 bits per heavy atom. The number of carbonyl (C=O) groups excluding carboxylic acids is 1. The monoisotopic (exact) mass is 156 g/mol. The van der Waals surface area contributed by atoms with E-state index >= 15 is 0 Å². The maximum absolute atomic E-state index is 10.5. The van der Waals surface area contributed by atoms with E-state index in [-0.39, 0.29) is 0 Å². The molecule has 0 atom stereocenters. The summed E-state index contributed by atoms with van der Waals surface area (Å²) in [6.07, 6.45) is 5.26. The minimum absolute atomic E-state index is 0.570. The van der Waals surface area contributed by atoms with Gasteiger partial charge in [0, 0.05) is 23.3 Å². The van der Waals surface area contributed by atoms with Crippen molar-refractivity contribution in [3.63, 3.8) is 0 Å². The Balaban J connectivity index is 2.88. The van der Waals surface area contributed by atoms with Crippen LogP contribution in [0, 0.1) is 0 Å². The van der Waals surface area contributed by atoms with Crippen LogP contribution in [0.25, 0.3) is 10.8 Å². The Kier molecular flexibility index (Phi) is 1.59. The Bertz CT molecular complexity index is 418. The fourth-order valence-electron chi connectivity index (χ4n) is 1.20. The number of hydrogen-bond donors (Lipinski definition) is 0. The van der Waals surface area contributed by atoms with Crippen LogP contribution < -0.4 is 0 Å². The Hall–Kier alpha value is -1.70. The third kappa shape index (κ3) is 0.975. The van der Waals surface area contributed by atoms with Crippen molar-refractivity contribution in [3.05, 3.63) is 42.2 Å². The predicted octanol–water partition coefficient (Wildman–Crippen LogP) is 1.69. The molecule has 2 heteroatoms. The molecule has 0 amide bonds. The molecule has 1 radical (unpaired) electrons. The Morgan fingerprint density at radius 2 is 2.17 bits per heavy atom. The number of hydrogen-bond acceptors (Lipinski definition) is 2. The summed E-state index contributed by atoms with van der Waals surface area (Å²) in [4.78, 5) is 14.4. The van der Waals surface area contributed by atoms with E-state index in [0.29, 0.717) is 5.56 Å². The first kappa shape index (κ1) is 6.98. The van der Waals surface area contributed by atoms with Crippen LogP contribution in [0.15, 0.2) is 36.7 Å². The molecule has 1 aromatic heterocycles. The van der Waals surface area contributed by atoms with Crippen molar-refractivity contribution in [1.29, 1.82) is 0 Å². The van der Waals surface area contributed by atoms with Gasteiger partial charge in [0.15, 0.2) is 0 Å². The summed E-state index contributed by atoms with van der Waals surface area (Å²) in [5.74, 6) is 0. The third-order valence-corrected chi connectivity index (χ3v) is 1.79. The largest absolute Gasteiger partial charge is 0.285 e. The lowest BCUT2D eigenvalue weighted by molar-refractivity contribution is 0.563. The second-order valence-electron chi connectivity index (χ2n) is 2.50. The highest BCUT2D eigenvalue weighted by Crippen LogP contribution is 2.14. The van der Waals surface area contributed by atoms with Crippen LogP contribution >= 0.6 is 0 Å². The van der Waals surface area contributed by atoms with E-state index in [9.17, 15) is 4.79 Å². The van der Waals surface area contributed by atoms with Crippen molar-refractivity contribution >= 4 is 17.1 Å². The van der Waals surface area contributed by atoms with E-state index in [4.69, 9.17) is 0 Å². The van der Waals surface area contributed by atoms with Crippen molar-refractivity contribution in [3.8, 4) is 0 Å². The molecule has 0 aliphatic carbocycles. The van der Waals surface area contributed by atoms with Crippen LogP contribution in [0.5, 0.6) is 0 Å². The lowest BCUT2D eigenvalue weighted by atomic mass is 10.1. The zero-order valence-electron chi connectivity index (χ0n) is 6.32. The second kappa shape index (κ2) is 2.74. The van der Waals surface area contributed by atoms with Gasteiger partial charge in [-0.15, -0.1) is 0 Å². The smallest absolute Gasteiger partial charge is 0.234 e. The normalized spacial score (nSPS) is 10.0. The second-order valence-corrected chi connectivity index (χ2v) is 2.50. The Morgan fingerprint density at radius 3 is 3.00 bits per heavy atom. The molecule has 0 aliphatic heterocycles. The summed E-state index contributed by atoms with van der Waals surface area (Å²) in [5, 5.41) is 1.88. The molecule has 0 fully saturated rings. The maximum Gasteiger partial charge on any atom is 0.234 e. The van der Waals surface area contributed by atoms with Gasteiger partial charge in [-0.3, -0.25) is 9.78 Å². The van der Waals surface area contributed by atoms with Gasteiger partial charge in [-0.2, -0.15) is 0 Å². The molecule has 0 spiro atoms. The first-order valence-electron chi connectivity index (χ1n) is 3.63. The van der Waals surface area contributed by atoms with Crippen molar-refractivity contribution in [1.82, 2.24) is 4.98 Å². The molecule has 12 heavy (non-hydrogen) atoms. The average Bonchev–Trinajstić information content (AvgIpc) is 2.17. The van der Waals surface area contributed by atoms with Crippen molar-refractivity contribution in [2.45, 2.75) is 0 Å². The summed E-state index contributed by atoms with van der Waals surface area (Å²) in [6.45, 7) is 0. The molecule has 1 aromatic carbocycles. The van der Waals surface area contributed by atoms with Gasteiger partial charge in [0.05, 0.1) is 0 Å². The fourth-order valence-corrected chi connectivity index (χ4v) is 1.20. The van der Waals surface area contributed by atoms with Crippen LogP contribution in [0.4, 0.5) is 0 Å². The van der Waals surface area contributed by atoms with E-state index in [2.05, 4.69) is 4.98 Å². The minimum Gasteiger partial charge on any atom is -0.285 e. The molecular formula is C10H6NO. The number of rotatable bonds is 1. The average molecular weight is 156 g/mol. The number of aromatic nitrogens is 1. The quantitative estimate of drug-likeness (QED) is 0.628. The zero-order valence-corrected chi connectivity index (χ0v) is 6.32. The van der Waals surface area contributed by atoms with Crippen LogP contribution in [0.1, 0.15) is 5.56 Å². The molecule has 0 bridgehead atoms. The molecule has 2 nitrogen and oxygen atoms in total. The first-order valence-corrected chi connectivity index (χ1v) is 3.63. The summed E-state index contributed by atoms with van der Waals surface area (Å²) in [5.41, 5.74) is 0.570. The molecule has 0 saturated heterocycles. The summed E-state index contributed by atoms with van der Waals surface area (Å²) in [6, 6.07) is 7.38. The van der Waals surface area contributed by atoms with E-state index in [1.807, 2.05) is 24.5 Å². The lowest BCUT2D eigenvalue weighted by Gasteiger charge is -1.96. The van der Waals surface area contributed by atoms with Gasteiger partial charge in [-0.05, 0) is 11.5 Å². The summed E-state index contributed by atoms with van der Waals surface area (Å²) in [7, 11) is 0. The predicted molar refractivity (Wildman–Crippen MR) is 46.5 cm³/mol. The molecule has 2 rings (SSSR count). The molecular weight excluding hydrogens is 150 g/mol. The SMILES string of the molecule is O=[C]c1cccc2ccncc12. The van der Waals surface area contributed by atoms with Gasteiger partial charge in [0.2, 0.25) is 6.29 Å². The topological polar surface area (TPSA) is 30.0 Å². The van der Waals surface area contributed by atoms with Gasteiger partial charge < -0.3 is 0 Å². The highest BCUT2D eigenvalue weighted by Gasteiger charge is 1.97. The molecule has 0 aliphatic rings. The van der Waals surface area contributed by atoms with Gasteiger partial charge in [-0.1, -0.05) is 18.2 Å². The number of nitrogens with zero attached hydrogens (tertiary/aromatic N) is 1. The van der Waals surface area contributed by atoms with E-state index in [1.165, 1.54) is 0 Å². The molecule has 2 aromatic rings. The number of fused-ring (bicyclic) bond motifs is 1. The Labute approximate surface area is 69.9 Å². The number of pyridine rings is 1. The van der Waals surface area contributed by atoms with Crippen molar-refractivity contribution < 1.29 is 4.79 Å². The van der Waals surface area contributed by atoms with Gasteiger partial charge >= 0.3 is 0 Å². The maximum atomic E-state index is 10.5. The lowest BCUT2D eigenvalue weighted by Crippen LogP contribution is -1.83. The molecule has 1 heterocycles. The van der Waals surface area contributed by atoms with Crippen LogP contribution in [0.2, 0.25) is 0 Å². The fraction of sp³-hybridized carbons (Fsp3) is 0. The van der Waals surface area contributed by atoms with Gasteiger partial charge in [0.25, 0.3) is 0 Å². The number of benzene rings is 1. The standard InChI is InChI=1S/C10H6NO/c12-7-9-3-1-2-8-4-5-11-6-10(8)9/h1-6H. The van der Waals surface area contributed by atoms with Crippen LogP contribution in [0.3, 0.4) is 0 Å². The molecule has 57 valence electrons. The first-order chi connectivity index (χ1) is 5.92. The third-order valence-electron chi connectivity index (χ3n) is 1.79. The van der Waals surface area contributed by atoms with Crippen LogP contribution in [-0.4, -0.2) is 11.3 Å². The van der Waals surface area contributed by atoms with Crippen LogP contribution in [-0.2, 0) is 4.79 Å². The molecule has 0 unspecified atom stereocenters. The highest BCUT2D eigenvalue weighted by molar-refractivity contribution is 5.97. The highest BCUT2D eigenvalue weighted by atomic mass is 16.1. The van der Waals surface area contributed by atoms with Crippen molar-refractivity contribution in [2.24, 2.45) is 0 Å². The molecule has 0 N–H and O–H groups in total. The van der Waals surface area contributed by atoms with E-state index < -0.39 is 0 Å². The van der Waals surface area contributed by atoms with Gasteiger partial charge in [-0.25, -0.2) is 0 Å². The summed E-state index contributed by atoms with van der Waals surface area (Å²) < 4.78 is 0. The van der Waals surface area contributed by atoms with E-state index in [1.54, 1.807) is 18.5 Å². The zero-order chi connectivity index (χ0) is 8.39. The van der Waals surface area contributed by atoms with E-state index in [0.717, 1.165) is 10.8 Å².